The molecule has 0 saturated carbocycles. The van der Waals surface area contributed by atoms with Gasteiger partial charge >= 0.3 is 0 Å². The highest BCUT2D eigenvalue weighted by molar-refractivity contribution is 4.86. The second kappa shape index (κ2) is 6.14. The molecule has 0 aliphatic carbocycles. The van der Waals surface area contributed by atoms with Crippen LogP contribution >= 0.6 is 0 Å². The van der Waals surface area contributed by atoms with Crippen LogP contribution in [0.2, 0.25) is 0 Å². The average Bonchev–Trinajstić information content (AvgIpc) is 2.32. The summed E-state index contributed by atoms with van der Waals surface area (Å²) in [6.45, 7) is 5.81. The molecule has 2 aliphatic heterocycles. The fourth-order valence-corrected chi connectivity index (χ4v) is 3.19. The molecule has 2 aliphatic rings. The maximum atomic E-state index is 6.42. The lowest BCUT2D eigenvalue weighted by Gasteiger charge is -2.38. The molecule has 2 fully saturated rings. The lowest BCUT2D eigenvalue weighted by atomic mass is 9.87. The molecule has 3 N–H and O–H groups in total. The molecule has 17 heavy (non-hydrogen) atoms. The summed E-state index contributed by atoms with van der Waals surface area (Å²) in [4.78, 5) is 4.89. The normalized spacial score (nSPS) is 34.8. The summed E-state index contributed by atoms with van der Waals surface area (Å²) in [6.07, 6.45) is 3.77. The van der Waals surface area contributed by atoms with Gasteiger partial charge in [0.05, 0.1) is 0 Å². The van der Waals surface area contributed by atoms with Crippen molar-refractivity contribution in [3.05, 3.63) is 0 Å². The molecular formula is C13H28N4. The molecule has 0 bridgehead atoms. The van der Waals surface area contributed by atoms with Gasteiger partial charge in [0.15, 0.2) is 0 Å². The van der Waals surface area contributed by atoms with Gasteiger partial charge in [-0.25, -0.2) is 0 Å². The molecule has 0 radical (unpaired) electrons. The Hall–Kier alpha value is -0.160. The van der Waals surface area contributed by atoms with E-state index in [1.54, 1.807) is 0 Å². The minimum Gasteiger partial charge on any atom is -0.327 e. The fraction of sp³-hybridized carbons (Fsp3) is 1.00. The Morgan fingerprint density at radius 1 is 1.35 bits per heavy atom. The van der Waals surface area contributed by atoms with Crippen LogP contribution in [-0.2, 0) is 0 Å². The molecular weight excluding hydrogens is 212 g/mol. The maximum absolute atomic E-state index is 6.42. The monoisotopic (exact) mass is 240 g/mol. The zero-order valence-corrected chi connectivity index (χ0v) is 11.4. The average molecular weight is 240 g/mol. The molecule has 2 heterocycles. The van der Waals surface area contributed by atoms with Crippen molar-refractivity contribution >= 4 is 0 Å². The van der Waals surface area contributed by atoms with Gasteiger partial charge in [-0.2, -0.15) is 0 Å². The van der Waals surface area contributed by atoms with Crippen molar-refractivity contribution in [1.82, 2.24) is 15.1 Å². The van der Waals surface area contributed by atoms with Gasteiger partial charge < -0.3 is 20.9 Å². The van der Waals surface area contributed by atoms with E-state index in [4.69, 9.17) is 5.73 Å². The quantitative estimate of drug-likeness (QED) is 0.726. The molecule has 0 aromatic rings. The zero-order valence-electron chi connectivity index (χ0n) is 11.4. The molecule has 2 rings (SSSR count). The van der Waals surface area contributed by atoms with Crippen LogP contribution < -0.4 is 11.1 Å². The van der Waals surface area contributed by atoms with E-state index in [-0.39, 0.29) is 0 Å². The van der Waals surface area contributed by atoms with Crippen LogP contribution in [0.15, 0.2) is 0 Å². The van der Waals surface area contributed by atoms with Gasteiger partial charge in [-0.15, -0.1) is 0 Å². The first-order valence-electron chi connectivity index (χ1n) is 7.02. The number of hydrogen-bond acceptors (Lipinski definition) is 4. The van der Waals surface area contributed by atoms with Crippen LogP contribution in [0.25, 0.3) is 0 Å². The van der Waals surface area contributed by atoms with E-state index in [9.17, 15) is 0 Å². The smallest absolute Gasteiger partial charge is 0.0232 e. The van der Waals surface area contributed by atoms with E-state index in [1.807, 2.05) is 0 Å². The van der Waals surface area contributed by atoms with Gasteiger partial charge in [0.2, 0.25) is 0 Å². The van der Waals surface area contributed by atoms with Gasteiger partial charge in [0.1, 0.15) is 0 Å². The SMILES string of the molecule is CN1CCCC(C(N)CC2CNCCN2C)C1. The number of nitrogens with zero attached hydrogens (tertiary/aromatic N) is 2. The Morgan fingerprint density at radius 3 is 2.88 bits per heavy atom. The van der Waals surface area contributed by atoms with Crippen molar-refractivity contribution < 1.29 is 0 Å². The molecule has 100 valence electrons. The third kappa shape index (κ3) is 3.65. The maximum Gasteiger partial charge on any atom is 0.0232 e. The first-order valence-corrected chi connectivity index (χ1v) is 7.02. The second-order valence-electron chi connectivity index (χ2n) is 5.90. The van der Waals surface area contributed by atoms with Crippen molar-refractivity contribution in [2.24, 2.45) is 11.7 Å². The highest BCUT2D eigenvalue weighted by atomic mass is 15.2. The number of likely N-dealkylation sites (N-methyl/N-ethyl adjacent to an activating group) is 1. The third-order valence-corrected chi connectivity index (χ3v) is 4.46. The largest absolute Gasteiger partial charge is 0.327 e. The molecule has 3 atom stereocenters. The summed E-state index contributed by atoms with van der Waals surface area (Å²) in [5.74, 6) is 0.698. The van der Waals surface area contributed by atoms with Crippen molar-refractivity contribution in [3.8, 4) is 0 Å². The molecule has 0 aromatic heterocycles. The number of nitrogens with two attached hydrogens (primary N) is 1. The van der Waals surface area contributed by atoms with Crippen molar-refractivity contribution in [3.63, 3.8) is 0 Å². The van der Waals surface area contributed by atoms with Crippen LogP contribution in [0.5, 0.6) is 0 Å². The summed E-state index contributed by atoms with van der Waals surface area (Å²) in [5, 5.41) is 3.47. The van der Waals surface area contributed by atoms with E-state index in [1.165, 1.54) is 25.9 Å². The van der Waals surface area contributed by atoms with Crippen LogP contribution in [0.1, 0.15) is 19.3 Å². The molecule has 3 unspecified atom stereocenters. The predicted octanol–water partition coefficient (Wildman–Crippen LogP) is -0.0508. The van der Waals surface area contributed by atoms with Gasteiger partial charge in [0, 0.05) is 38.3 Å². The summed E-state index contributed by atoms with van der Waals surface area (Å²) >= 11 is 0. The lowest BCUT2D eigenvalue weighted by Crippen LogP contribution is -2.53. The number of hydrogen-bond donors (Lipinski definition) is 2. The van der Waals surface area contributed by atoms with Crippen LogP contribution in [0.4, 0.5) is 0 Å². The van der Waals surface area contributed by atoms with E-state index in [2.05, 4.69) is 29.2 Å². The van der Waals surface area contributed by atoms with Crippen molar-refractivity contribution in [2.45, 2.75) is 31.3 Å². The molecule has 0 amide bonds. The molecule has 4 heteroatoms. The number of piperidine rings is 1. The van der Waals surface area contributed by atoms with Gasteiger partial charge in [0.25, 0.3) is 0 Å². The van der Waals surface area contributed by atoms with Crippen LogP contribution in [0.3, 0.4) is 0 Å². The fourth-order valence-electron chi connectivity index (χ4n) is 3.19. The van der Waals surface area contributed by atoms with Crippen molar-refractivity contribution in [1.29, 1.82) is 0 Å². The second-order valence-corrected chi connectivity index (χ2v) is 5.90. The predicted molar refractivity (Wildman–Crippen MR) is 72.1 cm³/mol. The standard InChI is InChI=1S/C13H28N4/c1-16-6-3-4-11(10-16)13(14)8-12-9-15-5-7-17(12)2/h11-13,15H,3-10,14H2,1-2H3. The third-order valence-electron chi connectivity index (χ3n) is 4.46. The van der Waals surface area contributed by atoms with Crippen LogP contribution in [0, 0.1) is 5.92 Å². The Balaban J connectivity index is 1.80. The minimum absolute atomic E-state index is 0.366. The Labute approximate surface area is 106 Å². The highest BCUT2D eigenvalue weighted by Crippen LogP contribution is 2.21. The van der Waals surface area contributed by atoms with E-state index in [0.717, 1.165) is 26.1 Å². The topological polar surface area (TPSA) is 44.5 Å². The zero-order chi connectivity index (χ0) is 12.3. The van der Waals surface area contributed by atoms with Gasteiger partial charge in [-0.3, -0.25) is 0 Å². The number of rotatable bonds is 3. The van der Waals surface area contributed by atoms with E-state index in [0.29, 0.717) is 18.0 Å². The molecule has 0 aromatic carbocycles. The number of piperazine rings is 1. The van der Waals surface area contributed by atoms with Crippen molar-refractivity contribution in [2.75, 3.05) is 46.8 Å². The lowest BCUT2D eigenvalue weighted by molar-refractivity contribution is 0.142. The molecule has 4 nitrogen and oxygen atoms in total. The minimum atomic E-state index is 0.366. The number of likely N-dealkylation sites (tertiary alicyclic amines) is 1. The van der Waals surface area contributed by atoms with E-state index < -0.39 is 0 Å². The Morgan fingerprint density at radius 2 is 2.18 bits per heavy atom. The Bertz CT molecular complexity index is 233. The highest BCUT2D eigenvalue weighted by Gasteiger charge is 2.27. The summed E-state index contributed by atoms with van der Waals surface area (Å²) in [6, 6.07) is 0.996. The van der Waals surface area contributed by atoms with Crippen LogP contribution in [-0.4, -0.2) is 68.7 Å². The van der Waals surface area contributed by atoms with Gasteiger partial charge in [-0.05, 0) is 45.8 Å². The summed E-state index contributed by atoms with van der Waals surface area (Å²) < 4.78 is 0. The summed E-state index contributed by atoms with van der Waals surface area (Å²) in [5.41, 5.74) is 6.42. The van der Waals surface area contributed by atoms with Gasteiger partial charge in [-0.1, -0.05) is 0 Å². The summed E-state index contributed by atoms with van der Waals surface area (Å²) in [7, 11) is 4.44. The first kappa shape index (κ1) is 13.3. The first-order chi connectivity index (χ1) is 8.16. The number of nitrogens with one attached hydrogen (secondary N) is 1. The van der Waals surface area contributed by atoms with E-state index >= 15 is 0 Å². The molecule has 0 spiro atoms. The molecule has 2 saturated heterocycles. The Kier molecular flexibility index (Phi) is 4.79.